The lowest BCUT2D eigenvalue weighted by atomic mass is 10.0. The maximum atomic E-state index is 14.5. The highest BCUT2D eigenvalue weighted by molar-refractivity contribution is 6.23. The highest BCUT2D eigenvalue weighted by Crippen LogP contribution is 2.31. The molecule has 1 aromatic rings. The molecular weight excluding hydrogens is 433 g/mol. The smallest absolute Gasteiger partial charge is 0.262 e. The van der Waals surface area contributed by atoms with Gasteiger partial charge in [-0.05, 0) is 18.6 Å². The van der Waals surface area contributed by atoms with E-state index in [0.717, 1.165) is 11.0 Å². The molecule has 2 saturated heterocycles. The number of fused-ring (bicyclic) bond motifs is 1. The van der Waals surface area contributed by atoms with Gasteiger partial charge in [0, 0.05) is 32.6 Å². The molecular formula is C19H21ClFN5O5. The molecule has 3 N–H and O–H groups in total. The molecule has 0 bridgehead atoms. The molecule has 1 aromatic carbocycles. The summed E-state index contributed by atoms with van der Waals surface area (Å²) in [5.41, 5.74) is -0.284. The summed E-state index contributed by atoms with van der Waals surface area (Å²) in [6, 6.07) is 0.991. The van der Waals surface area contributed by atoms with Gasteiger partial charge in [-0.3, -0.25) is 34.2 Å². The molecule has 31 heavy (non-hydrogen) atoms. The lowest BCUT2D eigenvalue weighted by molar-refractivity contribution is -0.136. The number of nitrogens with zero attached hydrogens (tertiary/aromatic N) is 2. The fraction of sp³-hybridized carbons (Fsp3) is 0.421. The van der Waals surface area contributed by atoms with Crippen LogP contribution < -0.4 is 16.0 Å². The zero-order valence-corrected chi connectivity index (χ0v) is 17.2. The molecule has 0 saturated carbocycles. The van der Waals surface area contributed by atoms with Gasteiger partial charge in [0.05, 0.1) is 23.4 Å². The maximum absolute atomic E-state index is 14.5. The predicted octanol–water partition coefficient (Wildman–Crippen LogP) is -0.508. The van der Waals surface area contributed by atoms with E-state index in [4.69, 9.17) is 0 Å². The monoisotopic (exact) mass is 453 g/mol. The molecule has 1 unspecified atom stereocenters. The van der Waals surface area contributed by atoms with Gasteiger partial charge in [-0.2, -0.15) is 0 Å². The number of carbonyl (C=O) groups excluding carboxylic acids is 5. The number of amides is 5. The van der Waals surface area contributed by atoms with Gasteiger partial charge in [0.15, 0.2) is 0 Å². The normalized spacial score (nSPS) is 20.9. The third kappa shape index (κ3) is 4.23. The second kappa shape index (κ2) is 8.98. The number of nitrogens with one attached hydrogen (secondary N) is 3. The Labute approximate surface area is 182 Å². The quantitative estimate of drug-likeness (QED) is 0.524. The molecule has 0 spiro atoms. The fourth-order valence-corrected chi connectivity index (χ4v) is 3.82. The summed E-state index contributed by atoms with van der Waals surface area (Å²) in [6.45, 7) is 2.33. The fourth-order valence-electron chi connectivity index (χ4n) is 3.82. The number of hydrogen-bond donors (Lipinski definition) is 3. The van der Waals surface area contributed by atoms with E-state index in [9.17, 15) is 28.4 Å². The first-order valence-electron chi connectivity index (χ1n) is 9.64. The summed E-state index contributed by atoms with van der Waals surface area (Å²) in [4.78, 5) is 63.5. The molecule has 0 aromatic heterocycles. The maximum Gasteiger partial charge on any atom is 0.262 e. The van der Waals surface area contributed by atoms with Gasteiger partial charge in [-0.15, -0.1) is 12.4 Å². The van der Waals surface area contributed by atoms with E-state index in [-0.39, 0.29) is 54.5 Å². The molecule has 0 aliphatic carbocycles. The van der Waals surface area contributed by atoms with Gasteiger partial charge in [0.1, 0.15) is 11.9 Å². The molecule has 3 heterocycles. The third-order valence-corrected chi connectivity index (χ3v) is 5.43. The summed E-state index contributed by atoms with van der Waals surface area (Å²) in [7, 11) is 0. The van der Waals surface area contributed by atoms with Gasteiger partial charge in [-0.25, -0.2) is 4.39 Å². The summed E-state index contributed by atoms with van der Waals surface area (Å²) >= 11 is 0. The first-order valence-corrected chi connectivity index (χ1v) is 9.64. The second-order valence-corrected chi connectivity index (χ2v) is 7.31. The molecule has 3 aliphatic rings. The SMILES string of the molecule is Cl.O=C1CCC(N2C(=O)c3cc(F)c(NCC(=O)N4CCNCC4)cc3C2=O)C(=O)N1. The first-order chi connectivity index (χ1) is 14.4. The Bertz CT molecular complexity index is 965. The van der Waals surface area contributed by atoms with Crippen LogP contribution in [0.5, 0.6) is 0 Å². The van der Waals surface area contributed by atoms with E-state index in [1.54, 1.807) is 4.90 Å². The van der Waals surface area contributed by atoms with Crippen molar-refractivity contribution in [3.05, 3.63) is 29.1 Å². The summed E-state index contributed by atoms with van der Waals surface area (Å²) in [6.07, 6.45) is 0.0159. The van der Waals surface area contributed by atoms with Crippen molar-refractivity contribution in [2.75, 3.05) is 38.0 Å². The predicted molar refractivity (Wildman–Crippen MR) is 108 cm³/mol. The topological polar surface area (TPSA) is 128 Å². The Morgan fingerprint density at radius 1 is 1.10 bits per heavy atom. The zero-order chi connectivity index (χ0) is 21.4. The largest absolute Gasteiger partial charge is 0.374 e. The number of carbonyl (C=O) groups is 5. The lowest BCUT2D eigenvalue weighted by Crippen LogP contribution is -2.54. The minimum absolute atomic E-state index is 0. The van der Waals surface area contributed by atoms with Gasteiger partial charge >= 0.3 is 0 Å². The lowest BCUT2D eigenvalue weighted by Gasteiger charge is -2.27. The van der Waals surface area contributed by atoms with Crippen LogP contribution in [0.15, 0.2) is 12.1 Å². The number of halogens is 2. The van der Waals surface area contributed by atoms with E-state index < -0.39 is 35.5 Å². The van der Waals surface area contributed by atoms with E-state index >= 15 is 0 Å². The number of rotatable bonds is 4. The molecule has 2 fully saturated rings. The Morgan fingerprint density at radius 3 is 2.39 bits per heavy atom. The van der Waals surface area contributed by atoms with Crippen molar-refractivity contribution in [3.63, 3.8) is 0 Å². The van der Waals surface area contributed by atoms with E-state index in [0.29, 0.717) is 26.2 Å². The summed E-state index contributed by atoms with van der Waals surface area (Å²) < 4.78 is 14.5. The van der Waals surface area contributed by atoms with Crippen molar-refractivity contribution in [1.82, 2.24) is 20.4 Å². The van der Waals surface area contributed by atoms with Crippen LogP contribution in [0.2, 0.25) is 0 Å². The van der Waals surface area contributed by atoms with Crippen LogP contribution in [0.25, 0.3) is 0 Å². The molecule has 5 amide bonds. The third-order valence-electron chi connectivity index (χ3n) is 5.43. The number of imide groups is 2. The number of benzene rings is 1. The average molecular weight is 454 g/mol. The molecule has 12 heteroatoms. The van der Waals surface area contributed by atoms with Gasteiger partial charge in [0.25, 0.3) is 11.8 Å². The first kappa shape index (κ1) is 22.6. The van der Waals surface area contributed by atoms with Crippen LogP contribution in [0.1, 0.15) is 33.6 Å². The molecule has 3 aliphatic heterocycles. The van der Waals surface area contributed by atoms with Gasteiger partial charge in [-0.1, -0.05) is 0 Å². The highest BCUT2D eigenvalue weighted by atomic mass is 35.5. The van der Waals surface area contributed by atoms with Crippen LogP contribution >= 0.6 is 12.4 Å². The minimum Gasteiger partial charge on any atom is -0.374 e. The van der Waals surface area contributed by atoms with Crippen LogP contribution in [-0.4, -0.2) is 78.1 Å². The van der Waals surface area contributed by atoms with Crippen molar-refractivity contribution in [2.45, 2.75) is 18.9 Å². The van der Waals surface area contributed by atoms with Crippen LogP contribution in [0.3, 0.4) is 0 Å². The molecule has 4 rings (SSSR count). The second-order valence-electron chi connectivity index (χ2n) is 7.31. The molecule has 10 nitrogen and oxygen atoms in total. The molecule has 166 valence electrons. The number of anilines is 1. The van der Waals surface area contributed by atoms with Crippen LogP contribution in [0, 0.1) is 5.82 Å². The van der Waals surface area contributed by atoms with Crippen molar-refractivity contribution < 1.29 is 28.4 Å². The van der Waals surface area contributed by atoms with Crippen molar-refractivity contribution in [2.24, 2.45) is 0 Å². The Morgan fingerprint density at radius 2 is 1.74 bits per heavy atom. The number of piperidine rings is 1. The Hall–Kier alpha value is -3.05. The minimum atomic E-state index is -1.12. The Balaban J connectivity index is 0.00000272. The van der Waals surface area contributed by atoms with E-state index in [1.807, 2.05) is 0 Å². The van der Waals surface area contributed by atoms with Gasteiger partial charge < -0.3 is 15.5 Å². The van der Waals surface area contributed by atoms with Gasteiger partial charge in [0.2, 0.25) is 17.7 Å². The van der Waals surface area contributed by atoms with E-state index in [1.165, 1.54) is 6.07 Å². The average Bonchev–Trinajstić information content (AvgIpc) is 2.96. The molecule has 1 atom stereocenters. The Kier molecular flexibility index (Phi) is 6.56. The van der Waals surface area contributed by atoms with Crippen molar-refractivity contribution >= 4 is 47.6 Å². The van der Waals surface area contributed by atoms with E-state index in [2.05, 4.69) is 16.0 Å². The zero-order valence-electron chi connectivity index (χ0n) is 16.4. The summed E-state index contributed by atoms with van der Waals surface area (Å²) in [5.74, 6) is -3.72. The van der Waals surface area contributed by atoms with Crippen molar-refractivity contribution in [1.29, 1.82) is 0 Å². The highest BCUT2D eigenvalue weighted by Gasteiger charge is 2.45. The van der Waals surface area contributed by atoms with Crippen LogP contribution in [0.4, 0.5) is 10.1 Å². The number of piperazine rings is 1. The number of hydrogen-bond acceptors (Lipinski definition) is 7. The summed E-state index contributed by atoms with van der Waals surface area (Å²) in [5, 5.41) is 7.93. The van der Waals surface area contributed by atoms with Crippen LogP contribution in [-0.2, 0) is 14.4 Å². The van der Waals surface area contributed by atoms with Crippen molar-refractivity contribution in [3.8, 4) is 0 Å². The molecule has 0 radical (unpaired) electrons. The standard InChI is InChI=1S/C19H20FN5O5.ClH/c20-12-7-10-11(8-13(12)22-9-16(27)24-5-3-21-4-6-24)19(30)25(18(10)29)14-1-2-15(26)23-17(14)28;/h7-8,14,21-22H,1-6,9H2,(H,23,26,28);1H.